The smallest absolute Gasteiger partial charge is 0.305 e. The molecule has 0 heterocycles. The molecule has 0 aliphatic heterocycles. The molecule has 0 fully saturated rings. The molecule has 0 aliphatic carbocycles. The van der Waals surface area contributed by atoms with Crippen LogP contribution in [0.2, 0.25) is 0 Å². The van der Waals surface area contributed by atoms with Crippen molar-refractivity contribution in [2.45, 2.75) is 31.4 Å². The van der Waals surface area contributed by atoms with Gasteiger partial charge in [0.1, 0.15) is 0 Å². The number of hydrogen-bond acceptors (Lipinski definition) is 4. The van der Waals surface area contributed by atoms with Gasteiger partial charge in [0.15, 0.2) is 0 Å². The first-order chi connectivity index (χ1) is 5.91. The van der Waals surface area contributed by atoms with Crippen molar-refractivity contribution in [2.75, 3.05) is 7.11 Å². The summed E-state index contributed by atoms with van der Waals surface area (Å²) in [5.74, 6) is -0.526. The fourth-order valence-electron chi connectivity index (χ4n) is 0.925. The largest absolute Gasteiger partial charge is 0.469 e. The quantitative estimate of drug-likeness (QED) is 0.504. The molecule has 0 saturated heterocycles. The molecule has 0 radical (unpaired) electrons. The molecule has 6 heteroatoms. The third kappa shape index (κ3) is 4.82. The topological polar surface area (TPSA) is 60.4 Å². The Morgan fingerprint density at radius 2 is 2.08 bits per heavy atom. The second kappa shape index (κ2) is 5.16. The van der Waals surface area contributed by atoms with Gasteiger partial charge < -0.3 is 4.74 Å². The number of esters is 1. The van der Waals surface area contributed by atoms with Crippen molar-refractivity contribution >= 4 is 16.2 Å². The fraction of sp³-hybridized carbons (Fsp3) is 0.857. The number of ether oxygens (including phenoxy) is 1. The van der Waals surface area contributed by atoms with Crippen LogP contribution in [0.15, 0.2) is 0 Å². The second-order valence-electron chi connectivity index (χ2n) is 2.62. The van der Waals surface area contributed by atoms with Crippen molar-refractivity contribution in [3.05, 3.63) is 0 Å². The first kappa shape index (κ1) is 12.3. The molecule has 0 saturated carbocycles. The first-order valence-corrected chi connectivity index (χ1v) is 5.36. The zero-order valence-corrected chi connectivity index (χ0v) is 8.43. The highest BCUT2D eigenvalue weighted by atomic mass is 32.3. The zero-order valence-electron chi connectivity index (χ0n) is 7.62. The van der Waals surface area contributed by atoms with Gasteiger partial charge in [-0.1, -0.05) is 6.92 Å². The summed E-state index contributed by atoms with van der Waals surface area (Å²) in [7, 11) is -3.33. The summed E-state index contributed by atoms with van der Waals surface area (Å²) >= 11 is 0. The van der Waals surface area contributed by atoms with Crippen molar-refractivity contribution in [3.63, 3.8) is 0 Å². The van der Waals surface area contributed by atoms with Gasteiger partial charge in [0, 0.05) is 6.42 Å². The van der Waals surface area contributed by atoms with Crippen molar-refractivity contribution in [3.8, 4) is 0 Å². The van der Waals surface area contributed by atoms with Gasteiger partial charge >= 0.3 is 16.2 Å². The minimum absolute atomic E-state index is 0.0258. The Hall–Kier alpha value is -0.650. The predicted molar refractivity (Wildman–Crippen MR) is 45.4 cm³/mol. The molecule has 1 unspecified atom stereocenters. The summed E-state index contributed by atoms with van der Waals surface area (Å²) in [6.45, 7) is 1.55. The van der Waals surface area contributed by atoms with Gasteiger partial charge in [0.25, 0.3) is 0 Å². The summed E-state index contributed by atoms with van der Waals surface area (Å²) in [6, 6.07) is 0. The van der Waals surface area contributed by atoms with Gasteiger partial charge in [-0.3, -0.25) is 4.79 Å². The number of halogens is 1. The summed E-state index contributed by atoms with van der Waals surface area (Å²) in [6.07, 6.45) is 0.0655. The van der Waals surface area contributed by atoms with E-state index < -0.39 is 21.4 Å². The van der Waals surface area contributed by atoms with Crippen LogP contribution in [-0.2, 0) is 19.8 Å². The van der Waals surface area contributed by atoms with E-state index in [4.69, 9.17) is 0 Å². The molecule has 0 aromatic carbocycles. The van der Waals surface area contributed by atoms with Gasteiger partial charge in [-0.2, -0.15) is 8.42 Å². The van der Waals surface area contributed by atoms with Crippen LogP contribution in [0.1, 0.15) is 26.2 Å². The van der Waals surface area contributed by atoms with Crippen molar-refractivity contribution < 1.29 is 21.8 Å². The molecule has 4 nitrogen and oxygen atoms in total. The molecule has 0 spiro atoms. The Kier molecular flexibility index (Phi) is 4.90. The Morgan fingerprint density at radius 3 is 2.38 bits per heavy atom. The molecule has 0 aliphatic rings. The maximum atomic E-state index is 12.4. The van der Waals surface area contributed by atoms with Crippen LogP contribution in [0.5, 0.6) is 0 Å². The monoisotopic (exact) mass is 212 g/mol. The normalized spacial score (nSPS) is 13.8. The van der Waals surface area contributed by atoms with E-state index in [1.54, 1.807) is 6.92 Å². The van der Waals surface area contributed by atoms with E-state index in [9.17, 15) is 17.1 Å². The molecule has 13 heavy (non-hydrogen) atoms. The number of methoxy groups -OCH3 is 1. The molecule has 1 atom stereocenters. The van der Waals surface area contributed by atoms with Gasteiger partial charge in [0.2, 0.25) is 0 Å². The Bertz CT molecular complexity index is 260. The van der Waals surface area contributed by atoms with E-state index in [2.05, 4.69) is 4.74 Å². The highest BCUT2D eigenvalue weighted by molar-refractivity contribution is 7.87. The van der Waals surface area contributed by atoms with Crippen LogP contribution < -0.4 is 0 Å². The van der Waals surface area contributed by atoms with Gasteiger partial charge in [0.05, 0.1) is 12.4 Å². The van der Waals surface area contributed by atoms with Crippen LogP contribution in [0.4, 0.5) is 3.89 Å². The third-order valence-corrected chi connectivity index (χ3v) is 3.12. The first-order valence-electron chi connectivity index (χ1n) is 3.92. The van der Waals surface area contributed by atoms with Crippen molar-refractivity contribution in [2.24, 2.45) is 0 Å². The number of carbonyl (C=O) groups excluding carboxylic acids is 1. The lowest BCUT2D eigenvalue weighted by molar-refractivity contribution is -0.140. The standard InChI is InChI=1S/C7H13FO4S/c1-3-6(13(8,10)11)4-5-7(9)12-2/h6H,3-5H2,1-2H3. The minimum atomic E-state index is -4.53. The van der Waals surface area contributed by atoms with E-state index in [0.717, 1.165) is 0 Å². The molecule has 78 valence electrons. The second-order valence-corrected chi connectivity index (χ2v) is 4.24. The van der Waals surface area contributed by atoms with Crippen LogP contribution in [0.3, 0.4) is 0 Å². The maximum absolute atomic E-state index is 12.4. The molecule has 0 amide bonds. The zero-order chi connectivity index (χ0) is 10.5. The van der Waals surface area contributed by atoms with Gasteiger partial charge in [-0.05, 0) is 12.8 Å². The summed E-state index contributed by atoms with van der Waals surface area (Å²) in [5, 5.41) is -1.09. The fourth-order valence-corrected chi connectivity index (χ4v) is 1.72. The maximum Gasteiger partial charge on any atom is 0.305 e. The summed E-state index contributed by atoms with van der Waals surface area (Å²) in [5.41, 5.74) is 0. The van der Waals surface area contributed by atoms with E-state index in [1.165, 1.54) is 7.11 Å². The summed E-state index contributed by atoms with van der Waals surface area (Å²) < 4.78 is 37.6. The molecule has 0 aromatic heterocycles. The predicted octanol–water partition coefficient (Wildman–Crippen LogP) is 1.02. The number of hydrogen-bond donors (Lipinski definition) is 0. The molecule has 0 aromatic rings. The third-order valence-electron chi connectivity index (χ3n) is 1.75. The van der Waals surface area contributed by atoms with E-state index >= 15 is 0 Å². The SMILES string of the molecule is CCC(CCC(=O)OC)S(=O)(=O)F. The highest BCUT2D eigenvalue weighted by Crippen LogP contribution is 2.14. The Balaban J connectivity index is 4.09. The minimum Gasteiger partial charge on any atom is -0.469 e. The Morgan fingerprint density at radius 1 is 1.54 bits per heavy atom. The lowest BCUT2D eigenvalue weighted by atomic mass is 10.2. The van der Waals surface area contributed by atoms with Crippen LogP contribution in [0, 0.1) is 0 Å². The van der Waals surface area contributed by atoms with Crippen LogP contribution in [0.25, 0.3) is 0 Å². The van der Waals surface area contributed by atoms with Gasteiger partial charge in [-0.15, -0.1) is 3.89 Å². The number of carbonyl (C=O) groups is 1. The van der Waals surface area contributed by atoms with Gasteiger partial charge in [-0.25, -0.2) is 0 Å². The highest BCUT2D eigenvalue weighted by Gasteiger charge is 2.23. The number of rotatable bonds is 5. The lowest BCUT2D eigenvalue weighted by Crippen LogP contribution is -2.17. The summed E-state index contributed by atoms with van der Waals surface area (Å²) in [4.78, 5) is 10.6. The van der Waals surface area contributed by atoms with E-state index in [-0.39, 0.29) is 19.3 Å². The van der Waals surface area contributed by atoms with Crippen molar-refractivity contribution in [1.82, 2.24) is 0 Å². The Labute approximate surface area is 77.3 Å². The lowest BCUT2D eigenvalue weighted by Gasteiger charge is -2.08. The van der Waals surface area contributed by atoms with Crippen LogP contribution >= 0.6 is 0 Å². The van der Waals surface area contributed by atoms with Crippen molar-refractivity contribution in [1.29, 1.82) is 0 Å². The molecular weight excluding hydrogens is 199 g/mol. The molecule has 0 N–H and O–H groups in total. The van der Waals surface area contributed by atoms with E-state index in [1.807, 2.05) is 0 Å². The molecule has 0 rings (SSSR count). The molecule has 0 bridgehead atoms. The average Bonchev–Trinajstić information content (AvgIpc) is 2.02. The van der Waals surface area contributed by atoms with Crippen LogP contribution in [-0.4, -0.2) is 26.7 Å². The molecular formula is C7H13FO4S. The average molecular weight is 212 g/mol. The van der Waals surface area contributed by atoms with E-state index in [0.29, 0.717) is 0 Å².